The molecule has 0 atom stereocenters. The van der Waals surface area contributed by atoms with E-state index in [4.69, 9.17) is 0 Å². The summed E-state index contributed by atoms with van der Waals surface area (Å²) < 4.78 is 0. The Kier molecular flexibility index (Phi) is 4.77. The van der Waals surface area contributed by atoms with Crippen LogP contribution in [0.1, 0.15) is 16.7 Å². The quantitative estimate of drug-likeness (QED) is 0.305. The second-order valence-electron chi connectivity index (χ2n) is 6.47. The third-order valence-corrected chi connectivity index (χ3v) is 4.76. The molecule has 148 valence electrons. The van der Waals surface area contributed by atoms with Gasteiger partial charge in [-0.3, -0.25) is 19.9 Å². The number of nitrogens with zero attached hydrogens (tertiary/aromatic N) is 4. The van der Waals surface area contributed by atoms with Gasteiger partial charge >= 0.3 is 6.03 Å². The van der Waals surface area contributed by atoms with E-state index in [2.05, 4.69) is 15.4 Å². The highest BCUT2D eigenvalue weighted by Crippen LogP contribution is 2.36. The monoisotopic (exact) mass is 401 g/mol. The molecule has 9 nitrogen and oxygen atoms in total. The largest absolute Gasteiger partial charge is 0.346 e. The number of carbonyl (C=O) groups is 2. The van der Waals surface area contributed by atoms with Gasteiger partial charge in [-0.25, -0.2) is 4.79 Å². The van der Waals surface area contributed by atoms with Crippen LogP contribution in [0.2, 0.25) is 0 Å². The molecule has 1 N–H and O–H groups in total. The van der Waals surface area contributed by atoms with Crippen molar-refractivity contribution in [3.8, 4) is 0 Å². The number of carbonyl (C=O) groups excluding carboxylic acids is 2. The molecule has 30 heavy (non-hydrogen) atoms. The van der Waals surface area contributed by atoms with Crippen molar-refractivity contribution in [2.75, 3.05) is 0 Å². The van der Waals surface area contributed by atoms with Crippen molar-refractivity contribution in [1.82, 2.24) is 15.3 Å². The third kappa shape index (κ3) is 3.08. The average Bonchev–Trinajstić information content (AvgIpc) is 3.04. The Bertz CT molecular complexity index is 1110. The van der Waals surface area contributed by atoms with Crippen LogP contribution in [0, 0.1) is 10.1 Å². The molecule has 1 aliphatic heterocycles. The minimum absolute atomic E-state index is 0.118. The molecule has 9 heteroatoms. The first-order valence-corrected chi connectivity index (χ1v) is 8.94. The number of aromatic nitrogens is 1. The first kappa shape index (κ1) is 18.9. The van der Waals surface area contributed by atoms with Gasteiger partial charge in [0.2, 0.25) is 0 Å². The fraction of sp³-hybridized carbons (Fsp3) is 0.0476. The van der Waals surface area contributed by atoms with Gasteiger partial charge in [0.15, 0.2) is 5.54 Å². The van der Waals surface area contributed by atoms with E-state index in [1.807, 2.05) is 12.1 Å². The zero-order chi connectivity index (χ0) is 21.1. The number of pyridine rings is 1. The SMILES string of the molecule is O=C1NC(c2ccccc2)(c2ccccc2)C(=O)N1/N=C/c1ccncc1[N+](=O)[O-]. The van der Waals surface area contributed by atoms with E-state index in [0.29, 0.717) is 16.1 Å². The smallest absolute Gasteiger partial charge is 0.314 e. The van der Waals surface area contributed by atoms with Gasteiger partial charge in [0.1, 0.15) is 6.20 Å². The molecule has 3 aromatic rings. The van der Waals surface area contributed by atoms with Gasteiger partial charge in [0.05, 0.1) is 16.7 Å². The Morgan fingerprint density at radius 1 is 1.00 bits per heavy atom. The number of imide groups is 1. The molecule has 0 spiro atoms. The number of urea groups is 1. The summed E-state index contributed by atoms with van der Waals surface area (Å²) in [7, 11) is 0. The summed E-state index contributed by atoms with van der Waals surface area (Å²) in [4.78, 5) is 40.4. The molecule has 1 saturated heterocycles. The zero-order valence-corrected chi connectivity index (χ0v) is 15.5. The van der Waals surface area contributed by atoms with Gasteiger partial charge in [-0.2, -0.15) is 5.10 Å². The zero-order valence-electron chi connectivity index (χ0n) is 15.5. The minimum atomic E-state index is -1.46. The molecule has 0 saturated carbocycles. The highest BCUT2D eigenvalue weighted by atomic mass is 16.6. The molecule has 0 aliphatic carbocycles. The van der Waals surface area contributed by atoms with Crippen molar-refractivity contribution in [1.29, 1.82) is 0 Å². The van der Waals surface area contributed by atoms with E-state index in [1.54, 1.807) is 48.5 Å². The molecule has 3 amide bonds. The van der Waals surface area contributed by atoms with Crippen LogP contribution in [0.15, 0.2) is 84.2 Å². The van der Waals surface area contributed by atoms with E-state index < -0.39 is 22.4 Å². The van der Waals surface area contributed by atoms with Gasteiger partial charge in [0.25, 0.3) is 11.6 Å². The number of nitro groups is 1. The second kappa shape index (κ2) is 7.55. The van der Waals surface area contributed by atoms with E-state index in [9.17, 15) is 19.7 Å². The molecule has 0 unspecified atom stereocenters. The Balaban J connectivity index is 1.78. The van der Waals surface area contributed by atoms with Crippen LogP contribution >= 0.6 is 0 Å². The molecule has 1 aromatic heterocycles. The fourth-order valence-electron chi connectivity index (χ4n) is 3.34. The number of benzene rings is 2. The van der Waals surface area contributed by atoms with Gasteiger partial charge in [-0.15, -0.1) is 5.01 Å². The van der Waals surface area contributed by atoms with Crippen molar-refractivity contribution in [2.45, 2.75) is 5.54 Å². The Morgan fingerprint density at radius 3 is 2.17 bits per heavy atom. The third-order valence-electron chi connectivity index (χ3n) is 4.76. The van der Waals surface area contributed by atoms with Crippen LogP contribution in [0.3, 0.4) is 0 Å². The van der Waals surface area contributed by atoms with Gasteiger partial charge < -0.3 is 5.32 Å². The van der Waals surface area contributed by atoms with Gasteiger partial charge in [-0.05, 0) is 17.2 Å². The van der Waals surface area contributed by atoms with Crippen molar-refractivity contribution in [3.05, 3.63) is 106 Å². The van der Waals surface area contributed by atoms with Gasteiger partial charge in [0, 0.05) is 6.20 Å². The number of nitrogens with one attached hydrogen (secondary N) is 1. The molecule has 2 aromatic carbocycles. The van der Waals surface area contributed by atoms with E-state index in [1.165, 1.54) is 12.3 Å². The summed E-state index contributed by atoms with van der Waals surface area (Å²) in [6.45, 7) is 0. The lowest BCUT2D eigenvalue weighted by Crippen LogP contribution is -2.44. The maximum absolute atomic E-state index is 13.5. The van der Waals surface area contributed by atoms with E-state index in [0.717, 1.165) is 12.4 Å². The molecular weight excluding hydrogens is 386 g/mol. The Hall–Kier alpha value is -4.40. The predicted molar refractivity (Wildman–Crippen MR) is 108 cm³/mol. The summed E-state index contributed by atoms with van der Waals surface area (Å²) in [5.74, 6) is -0.613. The standard InChI is InChI=1S/C21H15N5O4/c27-19-21(16-7-3-1-4-8-16,17-9-5-2-6-10-17)24-20(28)25(19)23-13-15-11-12-22-14-18(15)26(29)30/h1-14H,(H,24,28)/b23-13+. The van der Waals surface area contributed by atoms with E-state index in [-0.39, 0.29) is 11.3 Å². The molecule has 0 radical (unpaired) electrons. The molecule has 1 aliphatic rings. The summed E-state index contributed by atoms with van der Waals surface area (Å²) in [5, 5.41) is 18.6. The van der Waals surface area contributed by atoms with Crippen molar-refractivity contribution >= 4 is 23.8 Å². The number of amides is 3. The first-order valence-electron chi connectivity index (χ1n) is 8.94. The Labute approximate surface area is 170 Å². The predicted octanol–water partition coefficient (Wildman–Crippen LogP) is 2.82. The van der Waals surface area contributed by atoms with Crippen molar-refractivity contribution in [3.63, 3.8) is 0 Å². The molecular formula is C21H15N5O4. The van der Waals surface area contributed by atoms with Crippen LogP contribution in [-0.4, -0.2) is 33.1 Å². The second-order valence-corrected chi connectivity index (χ2v) is 6.47. The van der Waals surface area contributed by atoms with Crippen LogP contribution in [0.4, 0.5) is 10.5 Å². The lowest BCUT2D eigenvalue weighted by molar-refractivity contribution is -0.385. The van der Waals surface area contributed by atoms with Crippen molar-refractivity contribution in [2.24, 2.45) is 5.10 Å². The van der Waals surface area contributed by atoms with E-state index >= 15 is 0 Å². The molecule has 4 rings (SSSR count). The highest BCUT2D eigenvalue weighted by molar-refractivity contribution is 6.10. The maximum Gasteiger partial charge on any atom is 0.346 e. The minimum Gasteiger partial charge on any atom is -0.314 e. The highest BCUT2D eigenvalue weighted by Gasteiger charge is 2.54. The molecule has 1 fully saturated rings. The normalized spacial score (nSPS) is 15.4. The fourth-order valence-corrected chi connectivity index (χ4v) is 3.34. The van der Waals surface area contributed by atoms with Crippen LogP contribution in [0.5, 0.6) is 0 Å². The number of rotatable bonds is 5. The molecule has 2 heterocycles. The lowest BCUT2D eigenvalue weighted by atomic mass is 9.83. The topological polar surface area (TPSA) is 118 Å². The lowest BCUT2D eigenvalue weighted by Gasteiger charge is -2.27. The van der Waals surface area contributed by atoms with Gasteiger partial charge in [-0.1, -0.05) is 60.7 Å². The Morgan fingerprint density at radius 2 is 1.60 bits per heavy atom. The summed E-state index contributed by atoms with van der Waals surface area (Å²) in [6, 6.07) is 18.3. The summed E-state index contributed by atoms with van der Waals surface area (Å²) in [6.07, 6.45) is 3.54. The van der Waals surface area contributed by atoms with Crippen LogP contribution < -0.4 is 5.32 Å². The van der Waals surface area contributed by atoms with Crippen molar-refractivity contribution < 1.29 is 14.5 Å². The summed E-state index contributed by atoms with van der Waals surface area (Å²) >= 11 is 0. The maximum atomic E-state index is 13.5. The van der Waals surface area contributed by atoms with Crippen LogP contribution in [0.25, 0.3) is 0 Å². The first-order chi connectivity index (χ1) is 14.5. The number of hydrogen-bond donors (Lipinski definition) is 1. The number of hydrazone groups is 1. The molecule has 0 bridgehead atoms. The summed E-state index contributed by atoms with van der Waals surface area (Å²) in [5.41, 5.74) is -0.483. The van der Waals surface area contributed by atoms with Crippen LogP contribution in [-0.2, 0) is 10.3 Å². The average molecular weight is 401 g/mol. The number of hydrogen-bond acceptors (Lipinski definition) is 6.